The minimum absolute atomic E-state index is 0.187. The van der Waals surface area contributed by atoms with E-state index in [1.54, 1.807) is 0 Å². The summed E-state index contributed by atoms with van der Waals surface area (Å²) in [6, 6.07) is 0. The maximum atomic E-state index is 12.3. The second-order valence-corrected chi connectivity index (χ2v) is 7.78. The maximum absolute atomic E-state index is 12.3. The van der Waals surface area contributed by atoms with Crippen molar-refractivity contribution < 1.29 is 4.21 Å². The standard InChI is InChI=1S/C12H22BrNOS/c13-8-4-5-9-14-10-12(16(15)11-14)6-2-1-3-7-12/h1-11H2. The normalized spacial score (nSPS) is 29.9. The van der Waals surface area contributed by atoms with E-state index >= 15 is 0 Å². The quantitative estimate of drug-likeness (QED) is 0.588. The van der Waals surface area contributed by atoms with E-state index in [-0.39, 0.29) is 4.75 Å². The third-order valence-electron chi connectivity index (χ3n) is 3.92. The zero-order valence-corrected chi connectivity index (χ0v) is 12.3. The summed E-state index contributed by atoms with van der Waals surface area (Å²) in [5.41, 5.74) is 0. The highest BCUT2D eigenvalue weighted by Crippen LogP contribution is 2.38. The van der Waals surface area contributed by atoms with Crippen LogP contribution < -0.4 is 0 Å². The molecule has 1 aliphatic heterocycles. The van der Waals surface area contributed by atoms with Crippen LogP contribution in [0, 0.1) is 0 Å². The van der Waals surface area contributed by atoms with Gasteiger partial charge in [0.05, 0.1) is 10.6 Å². The van der Waals surface area contributed by atoms with Gasteiger partial charge in [-0.25, -0.2) is 0 Å². The summed E-state index contributed by atoms with van der Waals surface area (Å²) in [6.45, 7) is 2.24. The Morgan fingerprint density at radius 3 is 2.62 bits per heavy atom. The fraction of sp³-hybridized carbons (Fsp3) is 1.00. The van der Waals surface area contributed by atoms with Crippen LogP contribution in [0.2, 0.25) is 0 Å². The SMILES string of the molecule is O=S1CN(CCCCBr)CC12CCCCC2. The Morgan fingerprint density at radius 1 is 1.19 bits per heavy atom. The van der Waals surface area contributed by atoms with Gasteiger partial charge in [-0.05, 0) is 32.2 Å². The van der Waals surface area contributed by atoms with Crippen molar-refractivity contribution in [3.63, 3.8) is 0 Å². The minimum Gasteiger partial charge on any atom is -0.290 e. The first-order valence-corrected chi connectivity index (χ1v) is 8.88. The van der Waals surface area contributed by atoms with Gasteiger partial charge in [-0.3, -0.25) is 9.11 Å². The molecule has 94 valence electrons. The van der Waals surface area contributed by atoms with Crippen LogP contribution in [0.5, 0.6) is 0 Å². The van der Waals surface area contributed by atoms with E-state index in [4.69, 9.17) is 0 Å². The van der Waals surface area contributed by atoms with Crippen molar-refractivity contribution in [3.8, 4) is 0 Å². The molecule has 2 nitrogen and oxygen atoms in total. The molecule has 0 aromatic heterocycles. The number of hydrogen-bond acceptors (Lipinski definition) is 2. The van der Waals surface area contributed by atoms with E-state index in [1.807, 2.05) is 0 Å². The third-order valence-corrected chi connectivity index (χ3v) is 6.58. The topological polar surface area (TPSA) is 20.3 Å². The van der Waals surface area contributed by atoms with Crippen LogP contribution in [0.25, 0.3) is 0 Å². The predicted octanol–water partition coefficient (Wildman–Crippen LogP) is 2.89. The molecule has 0 amide bonds. The zero-order chi connectivity index (χ0) is 11.4. The van der Waals surface area contributed by atoms with Crippen LogP contribution in [-0.4, -0.2) is 38.2 Å². The van der Waals surface area contributed by atoms with E-state index in [2.05, 4.69) is 20.8 Å². The van der Waals surface area contributed by atoms with Gasteiger partial charge in [0.2, 0.25) is 0 Å². The number of hydrogen-bond donors (Lipinski definition) is 0. The van der Waals surface area contributed by atoms with E-state index in [9.17, 15) is 4.21 Å². The average molecular weight is 308 g/mol. The third kappa shape index (κ3) is 2.88. The Hall–Kier alpha value is 0.590. The van der Waals surface area contributed by atoms with Crippen molar-refractivity contribution in [1.29, 1.82) is 0 Å². The smallest absolute Gasteiger partial charge is 0.0754 e. The Labute approximate surface area is 110 Å². The van der Waals surface area contributed by atoms with Crippen LogP contribution in [0.15, 0.2) is 0 Å². The summed E-state index contributed by atoms with van der Waals surface area (Å²) in [5, 5.41) is 1.09. The van der Waals surface area contributed by atoms with Crippen LogP contribution in [-0.2, 0) is 10.8 Å². The molecule has 4 heteroatoms. The number of unbranched alkanes of at least 4 members (excludes halogenated alkanes) is 1. The summed E-state index contributed by atoms with van der Waals surface area (Å²) >= 11 is 3.46. The first kappa shape index (κ1) is 13.0. The highest BCUT2D eigenvalue weighted by atomic mass is 79.9. The molecular formula is C12H22BrNOS. The average Bonchev–Trinajstić information content (AvgIpc) is 2.57. The maximum Gasteiger partial charge on any atom is 0.0754 e. The Balaban J connectivity index is 1.85. The molecule has 0 aromatic rings. The lowest BCUT2D eigenvalue weighted by atomic mass is 9.88. The monoisotopic (exact) mass is 307 g/mol. The summed E-state index contributed by atoms with van der Waals surface area (Å²) in [5.74, 6) is 0.836. The fourth-order valence-electron chi connectivity index (χ4n) is 2.98. The van der Waals surface area contributed by atoms with Crippen molar-refractivity contribution >= 4 is 26.7 Å². The van der Waals surface area contributed by atoms with Crippen molar-refractivity contribution in [3.05, 3.63) is 0 Å². The molecule has 2 aliphatic rings. The number of nitrogens with zero attached hydrogens (tertiary/aromatic N) is 1. The van der Waals surface area contributed by atoms with Gasteiger partial charge in [0.25, 0.3) is 0 Å². The van der Waals surface area contributed by atoms with Gasteiger partial charge in [-0.15, -0.1) is 0 Å². The van der Waals surface area contributed by atoms with Crippen molar-refractivity contribution in [1.82, 2.24) is 4.90 Å². The molecule has 0 bridgehead atoms. The molecule has 0 N–H and O–H groups in total. The van der Waals surface area contributed by atoms with E-state index in [0.29, 0.717) is 0 Å². The molecule has 1 spiro atoms. The highest BCUT2D eigenvalue weighted by Gasteiger charge is 2.44. The molecule has 2 rings (SSSR count). The van der Waals surface area contributed by atoms with Gasteiger partial charge >= 0.3 is 0 Å². The van der Waals surface area contributed by atoms with Crippen LogP contribution in [0.4, 0.5) is 0 Å². The molecule has 0 radical (unpaired) electrons. The van der Waals surface area contributed by atoms with Crippen molar-refractivity contribution in [2.24, 2.45) is 0 Å². The molecule has 1 heterocycles. The van der Waals surface area contributed by atoms with E-state index in [0.717, 1.165) is 24.3 Å². The van der Waals surface area contributed by atoms with Crippen LogP contribution in [0.1, 0.15) is 44.9 Å². The molecule has 0 aromatic carbocycles. The first-order chi connectivity index (χ1) is 7.77. The number of halogens is 1. The van der Waals surface area contributed by atoms with Gasteiger partial charge in [-0.2, -0.15) is 0 Å². The van der Waals surface area contributed by atoms with Gasteiger partial charge in [-0.1, -0.05) is 35.2 Å². The van der Waals surface area contributed by atoms with Crippen LogP contribution >= 0.6 is 15.9 Å². The van der Waals surface area contributed by atoms with Gasteiger partial charge in [0, 0.05) is 22.7 Å². The van der Waals surface area contributed by atoms with Gasteiger partial charge < -0.3 is 0 Å². The first-order valence-electron chi connectivity index (χ1n) is 6.44. The molecule has 1 unspecified atom stereocenters. The van der Waals surface area contributed by atoms with Gasteiger partial charge in [0.15, 0.2) is 0 Å². The van der Waals surface area contributed by atoms with E-state index in [1.165, 1.54) is 44.9 Å². The van der Waals surface area contributed by atoms with Crippen LogP contribution in [0.3, 0.4) is 0 Å². The molecule has 1 saturated heterocycles. The van der Waals surface area contributed by atoms with E-state index < -0.39 is 10.8 Å². The van der Waals surface area contributed by atoms with Crippen molar-refractivity contribution in [2.75, 3.05) is 24.3 Å². The summed E-state index contributed by atoms with van der Waals surface area (Å²) in [7, 11) is -0.589. The lowest BCUT2D eigenvalue weighted by molar-refractivity contribution is 0.271. The summed E-state index contributed by atoms with van der Waals surface area (Å²) in [6.07, 6.45) is 8.81. The molecule has 16 heavy (non-hydrogen) atoms. The summed E-state index contributed by atoms with van der Waals surface area (Å²) in [4.78, 5) is 2.43. The number of alkyl halides is 1. The lowest BCUT2D eigenvalue weighted by Crippen LogP contribution is -2.38. The Kier molecular flexibility index (Phi) is 4.86. The predicted molar refractivity (Wildman–Crippen MR) is 73.4 cm³/mol. The molecule has 1 saturated carbocycles. The fourth-order valence-corrected chi connectivity index (χ4v) is 5.28. The van der Waals surface area contributed by atoms with Crippen molar-refractivity contribution in [2.45, 2.75) is 49.7 Å². The van der Waals surface area contributed by atoms with Gasteiger partial charge in [0.1, 0.15) is 0 Å². The second-order valence-electron chi connectivity index (χ2n) is 5.17. The molecule has 1 atom stereocenters. The molecule has 2 fully saturated rings. The summed E-state index contributed by atoms with van der Waals surface area (Å²) < 4.78 is 12.4. The lowest BCUT2D eigenvalue weighted by Gasteiger charge is -2.31. The largest absolute Gasteiger partial charge is 0.290 e. The molecular weight excluding hydrogens is 286 g/mol. The zero-order valence-electron chi connectivity index (χ0n) is 9.92. The Morgan fingerprint density at radius 2 is 1.94 bits per heavy atom. The molecule has 1 aliphatic carbocycles. The number of rotatable bonds is 4. The highest BCUT2D eigenvalue weighted by molar-refractivity contribution is 9.09. The Bertz CT molecular complexity index is 253. The second kappa shape index (κ2) is 5.96. The minimum atomic E-state index is -0.589.